The van der Waals surface area contributed by atoms with Gasteiger partial charge in [-0.3, -0.25) is 4.79 Å². The number of halogens is 1. The maximum Gasteiger partial charge on any atom is 0.229 e. The molecule has 2 aromatic rings. The van der Waals surface area contributed by atoms with Crippen LogP contribution in [0.2, 0.25) is 5.02 Å². The number of anilines is 1. The first-order valence-corrected chi connectivity index (χ1v) is 7.59. The zero-order valence-corrected chi connectivity index (χ0v) is 12.2. The normalized spacial score (nSPS) is 21.1. The topological polar surface area (TPSA) is 51.2 Å². The van der Waals surface area contributed by atoms with Crippen LogP contribution in [0.4, 0.5) is 5.13 Å². The molecule has 6 heteroatoms. The third-order valence-electron chi connectivity index (χ3n) is 3.23. The first-order valence-electron chi connectivity index (χ1n) is 6.33. The molecule has 3 rings (SSSR count). The van der Waals surface area contributed by atoms with Crippen molar-refractivity contribution in [2.75, 3.05) is 5.32 Å². The first-order chi connectivity index (χ1) is 9.70. The summed E-state index contributed by atoms with van der Waals surface area (Å²) < 4.78 is 5.77. The number of aromatic nitrogens is 1. The molecule has 0 spiro atoms. The second-order valence-corrected chi connectivity index (χ2v) is 6.02. The van der Waals surface area contributed by atoms with Crippen molar-refractivity contribution in [2.45, 2.75) is 18.9 Å². The number of rotatable bonds is 4. The van der Waals surface area contributed by atoms with Crippen LogP contribution in [0, 0.1) is 5.92 Å². The number of hydrogen-bond donors (Lipinski definition) is 1. The quantitative estimate of drug-likeness (QED) is 0.939. The van der Waals surface area contributed by atoms with Crippen LogP contribution in [0.1, 0.15) is 12.8 Å². The van der Waals surface area contributed by atoms with Gasteiger partial charge in [-0.05, 0) is 31.0 Å². The molecule has 1 aliphatic carbocycles. The number of thiazole rings is 1. The predicted molar refractivity (Wildman–Crippen MR) is 79.3 cm³/mol. The number of nitrogens with one attached hydrogen (secondary N) is 1. The summed E-state index contributed by atoms with van der Waals surface area (Å²) in [6, 6.07) is 7.31. The number of nitrogens with zero attached hydrogens (tertiary/aromatic N) is 1. The zero-order chi connectivity index (χ0) is 13.9. The molecular weight excluding hydrogens is 296 g/mol. The molecule has 104 valence electrons. The summed E-state index contributed by atoms with van der Waals surface area (Å²) >= 11 is 7.32. The Morgan fingerprint density at radius 1 is 1.45 bits per heavy atom. The molecule has 1 saturated carbocycles. The highest BCUT2D eigenvalue weighted by atomic mass is 35.5. The Morgan fingerprint density at radius 3 is 3.00 bits per heavy atom. The fourth-order valence-corrected chi connectivity index (χ4v) is 2.81. The molecule has 1 aromatic heterocycles. The summed E-state index contributed by atoms with van der Waals surface area (Å²) in [6.07, 6.45) is 3.21. The van der Waals surface area contributed by atoms with Gasteiger partial charge in [-0.1, -0.05) is 17.7 Å². The van der Waals surface area contributed by atoms with Gasteiger partial charge in [0.25, 0.3) is 0 Å². The van der Waals surface area contributed by atoms with Crippen molar-refractivity contribution < 1.29 is 9.53 Å². The van der Waals surface area contributed by atoms with E-state index in [1.165, 1.54) is 11.3 Å². The van der Waals surface area contributed by atoms with Crippen molar-refractivity contribution in [3.05, 3.63) is 40.9 Å². The minimum Gasteiger partial charge on any atom is -0.490 e. The molecule has 1 heterocycles. The minimum absolute atomic E-state index is 0.00286. The van der Waals surface area contributed by atoms with Crippen LogP contribution in [-0.2, 0) is 4.79 Å². The van der Waals surface area contributed by atoms with Crippen molar-refractivity contribution in [1.29, 1.82) is 0 Å². The zero-order valence-electron chi connectivity index (χ0n) is 10.6. The monoisotopic (exact) mass is 308 g/mol. The largest absolute Gasteiger partial charge is 0.490 e. The summed E-state index contributed by atoms with van der Waals surface area (Å²) in [7, 11) is 0. The third-order valence-corrected chi connectivity index (χ3v) is 4.15. The Bertz CT molecular complexity index is 597. The molecule has 0 radical (unpaired) electrons. The fraction of sp³-hybridized carbons (Fsp3) is 0.286. The Hall–Kier alpha value is -1.59. The summed E-state index contributed by atoms with van der Waals surface area (Å²) in [5.74, 6) is 0.773. The van der Waals surface area contributed by atoms with Gasteiger partial charge in [0.15, 0.2) is 5.13 Å². The predicted octanol–water partition coefficient (Wildman–Crippen LogP) is 3.59. The number of carbonyl (C=O) groups excluding carboxylic acids is 1. The standard InChI is InChI=1S/C14H13ClN2O2S/c15-10-2-1-3-11(8-10)19-12-6-9(7-12)13(18)17-14-16-4-5-20-14/h1-5,8-9,12H,6-7H2,(H,16,17,18). The molecule has 4 nitrogen and oxygen atoms in total. The van der Waals surface area contributed by atoms with E-state index in [2.05, 4.69) is 10.3 Å². The van der Waals surface area contributed by atoms with Gasteiger partial charge in [-0.15, -0.1) is 11.3 Å². The van der Waals surface area contributed by atoms with E-state index in [1.807, 2.05) is 17.5 Å². The lowest BCUT2D eigenvalue weighted by Gasteiger charge is -2.34. The van der Waals surface area contributed by atoms with E-state index in [0.717, 1.165) is 18.6 Å². The summed E-state index contributed by atoms with van der Waals surface area (Å²) in [5, 5.41) is 5.94. The lowest BCUT2D eigenvalue weighted by atomic mass is 9.81. The van der Waals surface area contributed by atoms with E-state index in [9.17, 15) is 4.79 Å². The van der Waals surface area contributed by atoms with E-state index in [0.29, 0.717) is 10.2 Å². The lowest BCUT2D eigenvalue weighted by Crippen LogP contribution is -2.40. The van der Waals surface area contributed by atoms with Gasteiger partial charge in [-0.2, -0.15) is 0 Å². The van der Waals surface area contributed by atoms with E-state index in [4.69, 9.17) is 16.3 Å². The number of hydrogen-bond acceptors (Lipinski definition) is 4. The van der Waals surface area contributed by atoms with Gasteiger partial charge >= 0.3 is 0 Å². The Morgan fingerprint density at radius 2 is 2.30 bits per heavy atom. The van der Waals surface area contributed by atoms with E-state index >= 15 is 0 Å². The van der Waals surface area contributed by atoms with Crippen molar-refractivity contribution in [1.82, 2.24) is 4.98 Å². The number of amides is 1. The number of ether oxygens (including phenoxy) is 1. The van der Waals surface area contributed by atoms with Gasteiger partial charge in [-0.25, -0.2) is 4.98 Å². The van der Waals surface area contributed by atoms with Gasteiger partial charge in [0.05, 0.1) is 0 Å². The molecule has 1 fully saturated rings. The molecule has 0 saturated heterocycles. The van der Waals surface area contributed by atoms with Crippen LogP contribution in [0.25, 0.3) is 0 Å². The van der Waals surface area contributed by atoms with E-state index in [-0.39, 0.29) is 17.9 Å². The maximum absolute atomic E-state index is 11.9. The average Bonchev–Trinajstić information content (AvgIpc) is 2.86. The number of benzene rings is 1. The van der Waals surface area contributed by atoms with Crippen LogP contribution in [0.3, 0.4) is 0 Å². The minimum atomic E-state index is 0.00286. The lowest BCUT2D eigenvalue weighted by molar-refractivity contribution is -0.125. The van der Waals surface area contributed by atoms with Crippen LogP contribution in [0.15, 0.2) is 35.8 Å². The van der Waals surface area contributed by atoms with Crippen molar-refractivity contribution in [3.63, 3.8) is 0 Å². The van der Waals surface area contributed by atoms with Gasteiger partial charge in [0, 0.05) is 22.5 Å². The summed E-state index contributed by atoms with van der Waals surface area (Å²) in [4.78, 5) is 16.0. The SMILES string of the molecule is O=C(Nc1nccs1)C1CC(Oc2cccc(Cl)c2)C1. The molecule has 0 atom stereocenters. The summed E-state index contributed by atoms with van der Waals surface area (Å²) in [5.41, 5.74) is 0. The molecule has 0 bridgehead atoms. The van der Waals surface area contributed by atoms with E-state index in [1.54, 1.807) is 18.3 Å². The highest BCUT2D eigenvalue weighted by molar-refractivity contribution is 7.13. The van der Waals surface area contributed by atoms with Crippen LogP contribution < -0.4 is 10.1 Å². The molecule has 0 unspecified atom stereocenters. The average molecular weight is 309 g/mol. The smallest absolute Gasteiger partial charge is 0.229 e. The Balaban J connectivity index is 1.48. The van der Waals surface area contributed by atoms with Gasteiger partial charge < -0.3 is 10.1 Å². The number of carbonyl (C=O) groups is 1. The second-order valence-electron chi connectivity index (χ2n) is 4.69. The van der Waals surface area contributed by atoms with Gasteiger partial charge in [0.2, 0.25) is 5.91 Å². The first kappa shape index (κ1) is 13.4. The Labute approximate surface area is 125 Å². The highest BCUT2D eigenvalue weighted by Gasteiger charge is 2.36. The van der Waals surface area contributed by atoms with Crippen LogP contribution in [-0.4, -0.2) is 17.0 Å². The molecule has 1 amide bonds. The fourth-order valence-electron chi connectivity index (χ4n) is 2.10. The molecule has 1 aromatic carbocycles. The third kappa shape index (κ3) is 3.11. The van der Waals surface area contributed by atoms with Crippen molar-refractivity contribution >= 4 is 34.0 Å². The summed E-state index contributed by atoms with van der Waals surface area (Å²) in [6.45, 7) is 0. The molecule has 1 aliphatic rings. The van der Waals surface area contributed by atoms with Crippen LogP contribution in [0.5, 0.6) is 5.75 Å². The van der Waals surface area contributed by atoms with Crippen molar-refractivity contribution in [2.24, 2.45) is 5.92 Å². The van der Waals surface area contributed by atoms with Crippen LogP contribution >= 0.6 is 22.9 Å². The van der Waals surface area contributed by atoms with Gasteiger partial charge in [0.1, 0.15) is 11.9 Å². The molecule has 1 N–H and O–H groups in total. The van der Waals surface area contributed by atoms with E-state index < -0.39 is 0 Å². The molecule has 0 aliphatic heterocycles. The maximum atomic E-state index is 11.9. The van der Waals surface area contributed by atoms with Crippen molar-refractivity contribution in [3.8, 4) is 5.75 Å². The Kier molecular flexibility index (Phi) is 3.89. The molecule has 20 heavy (non-hydrogen) atoms. The molecular formula is C14H13ClN2O2S. The second kappa shape index (κ2) is 5.81. The highest BCUT2D eigenvalue weighted by Crippen LogP contribution is 2.33.